The van der Waals surface area contributed by atoms with Crippen LogP contribution in [0.4, 0.5) is 5.69 Å². The molecule has 26 heavy (non-hydrogen) atoms. The Morgan fingerprint density at radius 1 is 1.23 bits per heavy atom. The summed E-state index contributed by atoms with van der Waals surface area (Å²) in [6.07, 6.45) is 3.44. The Labute approximate surface area is 153 Å². The van der Waals surface area contributed by atoms with Crippen molar-refractivity contribution in [2.45, 2.75) is 19.8 Å². The molecule has 2 aromatic heterocycles. The van der Waals surface area contributed by atoms with E-state index in [9.17, 15) is 4.79 Å². The molecule has 1 amide bonds. The van der Waals surface area contributed by atoms with E-state index < -0.39 is 0 Å². The molecule has 0 spiro atoms. The van der Waals surface area contributed by atoms with Gasteiger partial charge in [0.1, 0.15) is 0 Å². The van der Waals surface area contributed by atoms with E-state index in [0.717, 1.165) is 29.6 Å². The number of nitrogens with one attached hydrogen (secondary N) is 1. The SMILES string of the molecule is Cc1nn(C)c2ncc(C(=O)NCCCc3ccc(N(C)C)cc3)cc12. The Bertz CT molecular complexity index is 912. The van der Waals surface area contributed by atoms with Gasteiger partial charge < -0.3 is 10.2 Å². The fourth-order valence-corrected chi connectivity index (χ4v) is 2.99. The first kappa shape index (κ1) is 17.9. The van der Waals surface area contributed by atoms with Crippen LogP contribution in [0.5, 0.6) is 0 Å². The van der Waals surface area contributed by atoms with Crippen LogP contribution in [-0.2, 0) is 13.5 Å². The number of amides is 1. The van der Waals surface area contributed by atoms with Gasteiger partial charge in [-0.25, -0.2) is 4.98 Å². The molecule has 3 aromatic rings. The monoisotopic (exact) mass is 351 g/mol. The van der Waals surface area contributed by atoms with E-state index in [4.69, 9.17) is 0 Å². The molecule has 1 aromatic carbocycles. The predicted octanol–water partition coefficient (Wildman–Crippen LogP) is 2.71. The summed E-state index contributed by atoms with van der Waals surface area (Å²) in [5, 5.41) is 8.23. The molecule has 0 unspecified atom stereocenters. The molecule has 6 nitrogen and oxygen atoms in total. The number of carbonyl (C=O) groups excluding carboxylic acids is 1. The van der Waals surface area contributed by atoms with Gasteiger partial charge in [-0.05, 0) is 43.5 Å². The summed E-state index contributed by atoms with van der Waals surface area (Å²) in [5.41, 5.74) is 4.71. The molecule has 0 aliphatic rings. The van der Waals surface area contributed by atoms with Gasteiger partial charge in [0.25, 0.3) is 5.91 Å². The number of hydrogen-bond donors (Lipinski definition) is 1. The molecule has 0 aliphatic heterocycles. The topological polar surface area (TPSA) is 63.1 Å². The zero-order valence-corrected chi connectivity index (χ0v) is 15.8. The number of fused-ring (bicyclic) bond motifs is 1. The highest BCUT2D eigenvalue weighted by atomic mass is 16.1. The summed E-state index contributed by atoms with van der Waals surface area (Å²) in [7, 11) is 5.92. The second-order valence-corrected chi connectivity index (χ2v) is 6.72. The van der Waals surface area contributed by atoms with E-state index in [1.54, 1.807) is 10.9 Å². The van der Waals surface area contributed by atoms with Gasteiger partial charge >= 0.3 is 0 Å². The highest BCUT2D eigenvalue weighted by Crippen LogP contribution is 2.16. The summed E-state index contributed by atoms with van der Waals surface area (Å²) in [6, 6.07) is 10.4. The van der Waals surface area contributed by atoms with E-state index in [2.05, 4.69) is 44.6 Å². The third kappa shape index (κ3) is 3.85. The van der Waals surface area contributed by atoms with Crippen LogP contribution in [-0.4, -0.2) is 41.3 Å². The lowest BCUT2D eigenvalue weighted by molar-refractivity contribution is 0.0953. The lowest BCUT2D eigenvalue weighted by atomic mass is 10.1. The van der Waals surface area contributed by atoms with Crippen molar-refractivity contribution in [3.05, 3.63) is 53.3 Å². The minimum absolute atomic E-state index is 0.0920. The van der Waals surface area contributed by atoms with E-state index in [1.807, 2.05) is 34.1 Å². The van der Waals surface area contributed by atoms with E-state index in [0.29, 0.717) is 12.1 Å². The Kier molecular flexibility index (Phi) is 5.21. The van der Waals surface area contributed by atoms with Gasteiger partial charge in [0.15, 0.2) is 5.65 Å². The van der Waals surface area contributed by atoms with Crippen molar-refractivity contribution in [2.24, 2.45) is 7.05 Å². The van der Waals surface area contributed by atoms with Crippen LogP contribution < -0.4 is 10.2 Å². The van der Waals surface area contributed by atoms with Crippen molar-refractivity contribution >= 4 is 22.6 Å². The molecule has 0 bridgehead atoms. The molecular weight excluding hydrogens is 326 g/mol. The van der Waals surface area contributed by atoms with Gasteiger partial charge in [0.2, 0.25) is 0 Å². The normalized spacial score (nSPS) is 10.9. The fraction of sp³-hybridized carbons (Fsp3) is 0.350. The average Bonchev–Trinajstić information content (AvgIpc) is 2.92. The van der Waals surface area contributed by atoms with Crippen molar-refractivity contribution in [3.8, 4) is 0 Å². The van der Waals surface area contributed by atoms with Gasteiger partial charge in [0.05, 0.1) is 11.3 Å². The van der Waals surface area contributed by atoms with Crippen molar-refractivity contribution in [3.63, 3.8) is 0 Å². The molecule has 1 N–H and O–H groups in total. The van der Waals surface area contributed by atoms with E-state index in [1.165, 1.54) is 11.3 Å². The number of hydrogen-bond acceptors (Lipinski definition) is 4. The second-order valence-electron chi connectivity index (χ2n) is 6.72. The minimum atomic E-state index is -0.0920. The average molecular weight is 351 g/mol. The van der Waals surface area contributed by atoms with Gasteiger partial charge in [-0.3, -0.25) is 9.48 Å². The smallest absolute Gasteiger partial charge is 0.252 e. The van der Waals surface area contributed by atoms with Crippen LogP contribution in [0.25, 0.3) is 11.0 Å². The Balaban J connectivity index is 1.53. The lowest BCUT2D eigenvalue weighted by Gasteiger charge is -2.12. The molecular formula is C20H25N5O. The summed E-state index contributed by atoms with van der Waals surface area (Å²) in [6.45, 7) is 2.56. The number of aromatic nitrogens is 3. The summed E-state index contributed by atoms with van der Waals surface area (Å²) in [5.74, 6) is -0.0920. The standard InChI is InChI=1S/C20H25N5O/c1-14-18-12-16(13-22-19(18)25(4)23-14)20(26)21-11-5-6-15-7-9-17(10-8-15)24(2)3/h7-10,12-13H,5-6,11H2,1-4H3,(H,21,26). The van der Waals surface area contributed by atoms with Crippen molar-refractivity contribution in [1.82, 2.24) is 20.1 Å². The summed E-state index contributed by atoms with van der Waals surface area (Å²) >= 11 is 0. The predicted molar refractivity (Wildman–Crippen MR) is 105 cm³/mol. The third-order valence-electron chi connectivity index (χ3n) is 4.51. The first-order chi connectivity index (χ1) is 12.5. The van der Waals surface area contributed by atoms with Crippen LogP contribution in [0, 0.1) is 6.92 Å². The van der Waals surface area contributed by atoms with E-state index >= 15 is 0 Å². The third-order valence-corrected chi connectivity index (χ3v) is 4.51. The summed E-state index contributed by atoms with van der Waals surface area (Å²) < 4.78 is 1.73. The summed E-state index contributed by atoms with van der Waals surface area (Å²) in [4.78, 5) is 18.8. The van der Waals surface area contributed by atoms with Crippen molar-refractivity contribution < 1.29 is 4.79 Å². The van der Waals surface area contributed by atoms with Gasteiger partial charge in [-0.15, -0.1) is 0 Å². The molecule has 6 heteroatoms. The van der Waals surface area contributed by atoms with Crippen LogP contribution in [0.3, 0.4) is 0 Å². The van der Waals surface area contributed by atoms with Crippen molar-refractivity contribution in [1.29, 1.82) is 0 Å². The van der Waals surface area contributed by atoms with Gasteiger partial charge in [0, 0.05) is 45.0 Å². The molecule has 0 saturated heterocycles. The molecule has 0 aliphatic carbocycles. The highest BCUT2D eigenvalue weighted by Gasteiger charge is 2.11. The number of aryl methyl sites for hydroxylation is 3. The molecule has 3 rings (SSSR count). The quantitative estimate of drug-likeness (QED) is 0.694. The van der Waals surface area contributed by atoms with Crippen LogP contribution in [0.15, 0.2) is 36.5 Å². The zero-order chi connectivity index (χ0) is 18.7. The zero-order valence-electron chi connectivity index (χ0n) is 15.8. The molecule has 0 atom stereocenters. The largest absolute Gasteiger partial charge is 0.378 e. The first-order valence-electron chi connectivity index (χ1n) is 8.79. The van der Waals surface area contributed by atoms with Crippen LogP contribution in [0.1, 0.15) is 28.0 Å². The van der Waals surface area contributed by atoms with Gasteiger partial charge in [-0.1, -0.05) is 12.1 Å². The maximum absolute atomic E-state index is 12.4. The van der Waals surface area contributed by atoms with Crippen molar-refractivity contribution in [2.75, 3.05) is 25.5 Å². The number of nitrogens with zero attached hydrogens (tertiary/aromatic N) is 4. The van der Waals surface area contributed by atoms with E-state index in [-0.39, 0.29) is 5.91 Å². The van der Waals surface area contributed by atoms with Gasteiger partial charge in [-0.2, -0.15) is 5.10 Å². The van der Waals surface area contributed by atoms with Crippen LogP contribution >= 0.6 is 0 Å². The molecule has 0 fully saturated rings. The number of benzene rings is 1. The second kappa shape index (κ2) is 7.56. The number of pyridine rings is 1. The minimum Gasteiger partial charge on any atom is -0.378 e. The first-order valence-corrected chi connectivity index (χ1v) is 8.79. The van der Waals surface area contributed by atoms with Crippen LogP contribution in [0.2, 0.25) is 0 Å². The lowest BCUT2D eigenvalue weighted by Crippen LogP contribution is -2.24. The highest BCUT2D eigenvalue weighted by molar-refractivity contribution is 5.97. The maximum Gasteiger partial charge on any atom is 0.252 e. The number of carbonyl (C=O) groups is 1. The molecule has 136 valence electrons. The maximum atomic E-state index is 12.4. The number of anilines is 1. The Hall–Kier alpha value is -2.89. The molecule has 0 saturated carbocycles. The fourth-order valence-electron chi connectivity index (χ4n) is 2.99. The molecule has 2 heterocycles. The Morgan fingerprint density at radius 2 is 1.96 bits per heavy atom. The Morgan fingerprint density at radius 3 is 2.65 bits per heavy atom. The molecule has 0 radical (unpaired) electrons. The number of rotatable bonds is 6.